The molecule has 0 fully saturated rings. The lowest BCUT2D eigenvalue weighted by Gasteiger charge is -2.34. The fraction of sp³-hybridized carbons (Fsp3) is 0.407. The minimum absolute atomic E-state index is 0.224. The molecule has 206 valence electrons. The number of hydrogen-bond donors (Lipinski definition) is 2. The third-order valence-corrected chi connectivity index (χ3v) is 10.8. The topological polar surface area (TPSA) is 113 Å². The lowest BCUT2D eigenvalue weighted by Crippen LogP contribution is -2.57. The quantitative estimate of drug-likeness (QED) is 0.370. The van der Waals surface area contributed by atoms with Crippen molar-refractivity contribution in [3.63, 3.8) is 0 Å². The lowest BCUT2D eigenvalue weighted by molar-refractivity contribution is -0.144. The van der Waals surface area contributed by atoms with Crippen LogP contribution < -0.4 is 4.72 Å². The van der Waals surface area contributed by atoms with Crippen LogP contribution in [0.15, 0.2) is 54.6 Å². The summed E-state index contributed by atoms with van der Waals surface area (Å²) in [6, 6.07) is 13.8. The molecule has 0 spiro atoms. The summed E-state index contributed by atoms with van der Waals surface area (Å²) in [4.78, 5) is 28.3. The van der Waals surface area contributed by atoms with Gasteiger partial charge in [-0.1, -0.05) is 54.9 Å². The summed E-state index contributed by atoms with van der Waals surface area (Å²) in [7, 11) is -2.54. The number of nitrogens with zero attached hydrogens (tertiary/aromatic N) is 1. The maximum absolute atomic E-state index is 13.5. The van der Waals surface area contributed by atoms with Gasteiger partial charge in [-0.2, -0.15) is 4.72 Å². The highest BCUT2D eigenvalue weighted by molar-refractivity contribution is 8.18. The zero-order valence-electron chi connectivity index (χ0n) is 21.8. The number of carbonyl (C=O) groups is 2. The standard InChI is InChI=1S/C27H33ClN2O6S2/c1-5-30(16-17-36-4)25(31)22-9-7-6-8-21(22)18(2)27(3,26(32)33)29-38(34,35)24-15-14-23(37-24)19-10-12-20(28)13-11-19/h6-14,18,24,29H,5,15-17H2,1-4H3,(H,32,33). The Kier molecular flexibility index (Phi) is 10.0. The molecular formula is C27H33ClN2O6S2. The smallest absolute Gasteiger partial charge is 0.325 e. The second-order valence-corrected chi connectivity index (χ2v) is 13.0. The molecule has 3 unspecified atom stereocenters. The molecule has 1 amide bonds. The highest BCUT2D eigenvalue weighted by Gasteiger charge is 2.46. The number of carbonyl (C=O) groups excluding carboxylic acids is 1. The summed E-state index contributed by atoms with van der Waals surface area (Å²) >= 11 is 7.12. The van der Waals surface area contributed by atoms with E-state index in [2.05, 4.69) is 4.72 Å². The molecule has 0 aliphatic carbocycles. The van der Waals surface area contributed by atoms with E-state index in [1.165, 1.54) is 6.92 Å². The van der Waals surface area contributed by atoms with E-state index in [9.17, 15) is 23.1 Å². The van der Waals surface area contributed by atoms with Gasteiger partial charge in [0.05, 0.1) is 6.61 Å². The molecule has 0 saturated heterocycles. The van der Waals surface area contributed by atoms with E-state index >= 15 is 0 Å². The number of ether oxygens (including phenoxy) is 1. The number of benzene rings is 2. The van der Waals surface area contributed by atoms with Crippen LogP contribution in [0.2, 0.25) is 5.02 Å². The molecule has 1 heterocycles. The van der Waals surface area contributed by atoms with Crippen LogP contribution >= 0.6 is 23.4 Å². The highest BCUT2D eigenvalue weighted by Crippen LogP contribution is 2.42. The molecule has 2 aromatic carbocycles. The highest BCUT2D eigenvalue weighted by atomic mass is 35.5. The molecule has 2 N–H and O–H groups in total. The number of aliphatic carboxylic acids is 1. The Bertz CT molecular complexity index is 1300. The predicted molar refractivity (Wildman–Crippen MR) is 152 cm³/mol. The summed E-state index contributed by atoms with van der Waals surface area (Å²) in [5.74, 6) is -2.48. The predicted octanol–water partition coefficient (Wildman–Crippen LogP) is 4.82. The van der Waals surface area contributed by atoms with Crippen LogP contribution in [0.25, 0.3) is 4.91 Å². The first-order valence-corrected chi connectivity index (χ1v) is 15.0. The number of methoxy groups -OCH3 is 1. The fourth-order valence-corrected chi connectivity index (χ4v) is 7.63. The van der Waals surface area contributed by atoms with Gasteiger partial charge in [-0.3, -0.25) is 9.59 Å². The normalized spacial score (nSPS) is 17.9. The Morgan fingerprint density at radius 3 is 2.50 bits per heavy atom. The Labute approximate surface area is 233 Å². The number of allylic oxidation sites excluding steroid dienone is 1. The zero-order chi connectivity index (χ0) is 28.1. The molecular weight excluding hydrogens is 548 g/mol. The third kappa shape index (κ3) is 6.60. The maximum Gasteiger partial charge on any atom is 0.325 e. The van der Waals surface area contributed by atoms with Gasteiger partial charge < -0.3 is 14.7 Å². The summed E-state index contributed by atoms with van der Waals surface area (Å²) in [5, 5.41) is 10.8. The van der Waals surface area contributed by atoms with E-state index in [1.54, 1.807) is 55.3 Å². The largest absolute Gasteiger partial charge is 0.480 e. The van der Waals surface area contributed by atoms with Crippen molar-refractivity contribution in [2.24, 2.45) is 0 Å². The van der Waals surface area contributed by atoms with Gasteiger partial charge >= 0.3 is 5.97 Å². The van der Waals surface area contributed by atoms with E-state index in [4.69, 9.17) is 16.3 Å². The van der Waals surface area contributed by atoms with Crippen molar-refractivity contribution in [1.82, 2.24) is 9.62 Å². The van der Waals surface area contributed by atoms with Crippen molar-refractivity contribution in [2.75, 3.05) is 26.8 Å². The summed E-state index contributed by atoms with van der Waals surface area (Å²) < 4.78 is 33.6. The minimum atomic E-state index is -4.09. The van der Waals surface area contributed by atoms with Gasteiger partial charge in [0.25, 0.3) is 5.91 Å². The number of thioether (sulfide) groups is 1. The van der Waals surface area contributed by atoms with Crippen LogP contribution in [0.3, 0.4) is 0 Å². The van der Waals surface area contributed by atoms with Crippen molar-refractivity contribution < 1.29 is 27.9 Å². The monoisotopic (exact) mass is 580 g/mol. The van der Waals surface area contributed by atoms with E-state index in [1.807, 2.05) is 25.1 Å². The van der Waals surface area contributed by atoms with Crippen molar-refractivity contribution in [3.8, 4) is 0 Å². The molecule has 1 aliphatic heterocycles. The number of nitrogens with one attached hydrogen (secondary N) is 1. The van der Waals surface area contributed by atoms with Gasteiger partial charge in [-0.25, -0.2) is 8.42 Å². The number of carboxylic acids is 1. The molecule has 38 heavy (non-hydrogen) atoms. The van der Waals surface area contributed by atoms with Crippen molar-refractivity contribution in [2.45, 2.75) is 43.2 Å². The Morgan fingerprint density at radius 2 is 1.89 bits per heavy atom. The van der Waals surface area contributed by atoms with Gasteiger partial charge in [-0.05, 0) is 49.6 Å². The molecule has 0 bridgehead atoms. The number of halogens is 1. The first-order chi connectivity index (χ1) is 17.9. The van der Waals surface area contributed by atoms with E-state index in [0.717, 1.165) is 22.2 Å². The van der Waals surface area contributed by atoms with E-state index < -0.39 is 32.0 Å². The average molecular weight is 581 g/mol. The van der Waals surface area contributed by atoms with Crippen LogP contribution in [0.1, 0.15) is 54.6 Å². The Balaban J connectivity index is 1.87. The van der Waals surface area contributed by atoms with Gasteiger partial charge in [0.2, 0.25) is 10.0 Å². The summed E-state index contributed by atoms with van der Waals surface area (Å²) in [5.41, 5.74) is -0.304. The molecule has 11 heteroatoms. The molecule has 0 radical (unpaired) electrons. The van der Waals surface area contributed by atoms with Crippen molar-refractivity contribution in [1.29, 1.82) is 0 Å². The Hall–Kier alpha value is -2.37. The number of amides is 1. The zero-order valence-corrected chi connectivity index (χ0v) is 24.2. The number of rotatable bonds is 12. The molecule has 2 aromatic rings. The molecule has 8 nitrogen and oxygen atoms in total. The van der Waals surface area contributed by atoms with Gasteiger partial charge in [0.1, 0.15) is 10.1 Å². The lowest BCUT2D eigenvalue weighted by atomic mass is 9.80. The Morgan fingerprint density at radius 1 is 1.24 bits per heavy atom. The summed E-state index contributed by atoms with van der Waals surface area (Å²) in [6.07, 6.45) is 2.05. The average Bonchev–Trinajstić information content (AvgIpc) is 3.40. The van der Waals surface area contributed by atoms with Gasteiger partial charge in [0, 0.05) is 41.6 Å². The first-order valence-electron chi connectivity index (χ1n) is 12.2. The molecule has 3 atom stereocenters. The SMILES string of the molecule is CCN(CCOC)C(=O)c1ccccc1C(C)C(C)(NS(=O)(=O)C1CC=C(c2ccc(Cl)cc2)S1)C(=O)O. The van der Waals surface area contributed by atoms with Crippen LogP contribution in [-0.4, -0.2) is 67.2 Å². The number of carboxylic acid groups (broad SMARTS) is 1. The van der Waals surface area contributed by atoms with Crippen molar-refractivity contribution >= 4 is 50.2 Å². The van der Waals surface area contributed by atoms with Crippen LogP contribution in [0.5, 0.6) is 0 Å². The van der Waals surface area contributed by atoms with Crippen molar-refractivity contribution in [3.05, 3.63) is 76.3 Å². The summed E-state index contributed by atoms with van der Waals surface area (Å²) in [6.45, 7) is 5.98. The molecule has 0 aromatic heterocycles. The first kappa shape index (κ1) is 30.2. The van der Waals surface area contributed by atoms with Gasteiger partial charge in [0.15, 0.2) is 0 Å². The molecule has 0 saturated carbocycles. The number of hydrogen-bond acceptors (Lipinski definition) is 6. The fourth-order valence-electron chi connectivity index (χ4n) is 4.27. The number of sulfonamides is 1. The maximum atomic E-state index is 13.5. The van der Waals surface area contributed by atoms with Crippen LogP contribution in [-0.2, 0) is 19.6 Å². The van der Waals surface area contributed by atoms with E-state index in [-0.39, 0.29) is 12.3 Å². The van der Waals surface area contributed by atoms with Crippen LogP contribution in [0, 0.1) is 0 Å². The van der Waals surface area contributed by atoms with Crippen LogP contribution in [0.4, 0.5) is 0 Å². The molecule has 1 aliphatic rings. The third-order valence-electron chi connectivity index (χ3n) is 6.79. The second kappa shape index (κ2) is 12.7. The number of likely N-dealkylation sites (N-methyl/N-ethyl adjacent to an activating group) is 1. The molecule has 3 rings (SSSR count). The second-order valence-electron chi connectivity index (χ2n) is 9.20. The van der Waals surface area contributed by atoms with E-state index in [0.29, 0.717) is 35.8 Å². The minimum Gasteiger partial charge on any atom is -0.480 e. The van der Waals surface area contributed by atoms with Gasteiger partial charge in [-0.15, -0.1) is 11.8 Å².